The fourth-order valence-corrected chi connectivity index (χ4v) is 3.36. The molecule has 0 aliphatic rings. The number of halogens is 2. The fourth-order valence-electron chi connectivity index (χ4n) is 0.761. The zero-order valence-corrected chi connectivity index (χ0v) is 10.8. The summed E-state index contributed by atoms with van der Waals surface area (Å²) >= 11 is 5.26. The zero-order valence-electron chi connectivity index (χ0n) is 6.21. The smallest absolute Gasteiger partial charge is 0.176 e. The predicted molar refractivity (Wildman–Crippen MR) is 60.0 cm³/mol. The standard InChI is InChI=1S/C7H6BrIO2S/c1-12(10,11)7-4-5(9)2-3-6(7)8/h2-4H,1H3. The Bertz CT molecular complexity index is 400. The topological polar surface area (TPSA) is 34.1 Å². The van der Waals surface area contributed by atoms with Gasteiger partial charge in [-0.15, -0.1) is 0 Å². The van der Waals surface area contributed by atoms with Gasteiger partial charge in [-0.1, -0.05) is 0 Å². The van der Waals surface area contributed by atoms with Crippen LogP contribution in [0.15, 0.2) is 27.6 Å². The average molecular weight is 361 g/mol. The van der Waals surface area contributed by atoms with E-state index in [0.717, 1.165) is 3.57 Å². The molecule has 1 rings (SSSR count). The van der Waals surface area contributed by atoms with Gasteiger partial charge < -0.3 is 0 Å². The third-order valence-corrected chi connectivity index (χ3v) is 4.05. The van der Waals surface area contributed by atoms with E-state index in [1.54, 1.807) is 12.1 Å². The number of rotatable bonds is 1. The molecule has 0 saturated heterocycles. The van der Waals surface area contributed by atoms with Gasteiger partial charge in [-0.3, -0.25) is 0 Å². The number of hydrogen-bond donors (Lipinski definition) is 0. The van der Waals surface area contributed by atoms with Crippen LogP contribution in [0.1, 0.15) is 0 Å². The van der Waals surface area contributed by atoms with Crippen molar-refractivity contribution in [3.8, 4) is 0 Å². The van der Waals surface area contributed by atoms with Gasteiger partial charge in [0, 0.05) is 14.3 Å². The average Bonchev–Trinajstić information content (AvgIpc) is 1.92. The van der Waals surface area contributed by atoms with E-state index >= 15 is 0 Å². The molecule has 0 spiro atoms. The molecule has 0 bridgehead atoms. The van der Waals surface area contributed by atoms with E-state index < -0.39 is 9.84 Å². The molecule has 0 amide bonds. The van der Waals surface area contributed by atoms with E-state index in [4.69, 9.17) is 0 Å². The monoisotopic (exact) mass is 360 g/mol. The molecule has 0 saturated carbocycles. The first-order chi connectivity index (χ1) is 5.41. The second-order valence-corrected chi connectivity index (χ2v) is 6.43. The summed E-state index contributed by atoms with van der Waals surface area (Å²) in [5, 5.41) is 0. The van der Waals surface area contributed by atoms with E-state index in [-0.39, 0.29) is 0 Å². The Morgan fingerprint density at radius 3 is 2.42 bits per heavy atom. The first kappa shape index (κ1) is 10.5. The summed E-state index contributed by atoms with van der Waals surface area (Å²) in [4.78, 5) is 0.342. The fraction of sp³-hybridized carbons (Fsp3) is 0.143. The van der Waals surface area contributed by atoms with Crippen LogP contribution in [0.2, 0.25) is 0 Å². The normalized spacial score (nSPS) is 11.6. The van der Waals surface area contributed by atoms with E-state index in [2.05, 4.69) is 38.5 Å². The molecule has 0 fully saturated rings. The summed E-state index contributed by atoms with van der Waals surface area (Å²) in [6.07, 6.45) is 1.20. The minimum absolute atomic E-state index is 0.342. The maximum absolute atomic E-state index is 11.2. The maximum atomic E-state index is 11.2. The van der Waals surface area contributed by atoms with Crippen molar-refractivity contribution in [3.05, 3.63) is 26.2 Å². The molecule has 66 valence electrons. The molecule has 0 aliphatic carbocycles. The van der Waals surface area contributed by atoms with Crippen LogP contribution in [0.5, 0.6) is 0 Å². The molecule has 2 nitrogen and oxygen atoms in total. The third kappa shape index (κ3) is 2.43. The largest absolute Gasteiger partial charge is 0.224 e. The van der Waals surface area contributed by atoms with Crippen molar-refractivity contribution < 1.29 is 8.42 Å². The Labute approximate surface area is 93.6 Å². The summed E-state index contributed by atoms with van der Waals surface area (Å²) in [5.74, 6) is 0. The first-order valence-corrected chi connectivity index (χ1v) is 6.82. The van der Waals surface area contributed by atoms with Crippen molar-refractivity contribution >= 4 is 48.4 Å². The SMILES string of the molecule is CS(=O)(=O)c1cc(I)ccc1Br. The van der Waals surface area contributed by atoms with Crippen LogP contribution in [0, 0.1) is 3.57 Å². The van der Waals surface area contributed by atoms with Crippen LogP contribution in [0.4, 0.5) is 0 Å². The summed E-state index contributed by atoms with van der Waals surface area (Å²) in [6, 6.07) is 5.22. The van der Waals surface area contributed by atoms with Crippen LogP contribution in [-0.2, 0) is 9.84 Å². The lowest BCUT2D eigenvalue weighted by molar-refractivity contribution is 0.601. The second kappa shape index (κ2) is 3.63. The molecule has 0 radical (unpaired) electrons. The van der Waals surface area contributed by atoms with Gasteiger partial charge in [-0.25, -0.2) is 8.42 Å². The van der Waals surface area contributed by atoms with Crippen LogP contribution < -0.4 is 0 Å². The van der Waals surface area contributed by atoms with Crippen LogP contribution in [0.25, 0.3) is 0 Å². The Kier molecular flexibility index (Phi) is 3.16. The molecular weight excluding hydrogens is 355 g/mol. The zero-order chi connectivity index (χ0) is 9.35. The van der Waals surface area contributed by atoms with Gasteiger partial charge in [0.05, 0.1) is 4.90 Å². The third-order valence-electron chi connectivity index (χ3n) is 1.29. The first-order valence-electron chi connectivity index (χ1n) is 3.06. The lowest BCUT2D eigenvalue weighted by Gasteiger charge is -2.01. The van der Waals surface area contributed by atoms with Crippen molar-refractivity contribution in [1.29, 1.82) is 0 Å². The van der Waals surface area contributed by atoms with Crippen molar-refractivity contribution in [2.75, 3.05) is 6.26 Å². The quantitative estimate of drug-likeness (QED) is 0.721. The highest BCUT2D eigenvalue weighted by Gasteiger charge is 2.11. The summed E-state index contributed by atoms with van der Waals surface area (Å²) < 4.78 is 23.9. The van der Waals surface area contributed by atoms with Gasteiger partial charge in [0.25, 0.3) is 0 Å². The minimum Gasteiger partial charge on any atom is -0.224 e. The molecule has 0 aromatic heterocycles. The van der Waals surface area contributed by atoms with Crippen molar-refractivity contribution in [3.63, 3.8) is 0 Å². The Hall–Kier alpha value is 0.380. The van der Waals surface area contributed by atoms with Crippen molar-refractivity contribution in [1.82, 2.24) is 0 Å². The maximum Gasteiger partial charge on any atom is 0.176 e. The molecule has 5 heteroatoms. The molecule has 1 aromatic carbocycles. The van der Waals surface area contributed by atoms with Gasteiger partial charge in [0.15, 0.2) is 9.84 Å². The highest BCUT2D eigenvalue weighted by atomic mass is 127. The Morgan fingerprint density at radius 1 is 1.42 bits per heavy atom. The number of benzene rings is 1. The van der Waals surface area contributed by atoms with Crippen molar-refractivity contribution in [2.45, 2.75) is 4.90 Å². The molecule has 0 unspecified atom stereocenters. The van der Waals surface area contributed by atoms with Crippen LogP contribution in [-0.4, -0.2) is 14.7 Å². The van der Waals surface area contributed by atoms with Crippen LogP contribution >= 0.6 is 38.5 Å². The highest BCUT2D eigenvalue weighted by molar-refractivity contribution is 14.1. The lowest BCUT2D eigenvalue weighted by Crippen LogP contribution is -1.98. The van der Waals surface area contributed by atoms with Gasteiger partial charge in [0.1, 0.15) is 0 Å². The second-order valence-electron chi connectivity index (χ2n) is 2.35. The summed E-state index contributed by atoms with van der Waals surface area (Å²) in [5.41, 5.74) is 0. The molecule has 0 atom stereocenters. The summed E-state index contributed by atoms with van der Waals surface area (Å²) in [6.45, 7) is 0. The minimum atomic E-state index is -3.11. The van der Waals surface area contributed by atoms with Gasteiger partial charge in [-0.2, -0.15) is 0 Å². The Morgan fingerprint density at radius 2 is 2.00 bits per heavy atom. The van der Waals surface area contributed by atoms with E-state index in [0.29, 0.717) is 9.37 Å². The van der Waals surface area contributed by atoms with Gasteiger partial charge in [0.2, 0.25) is 0 Å². The Balaban J connectivity index is 3.43. The summed E-state index contributed by atoms with van der Waals surface area (Å²) in [7, 11) is -3.11. The molecule has 12 heavy (non-hydrogen) atoms. The number of sulfone groups is 1. The molecule has 1 aromatic rings. The molecule has 0 aliphatic heterocycles. The highest BCUT2D eigenvalue weighted by Crippen LogP contribution is 2.23. The van der Waals surface area contributed by atoms with Gasteiger partial charge in [-0.05, 0) is 56.7 Å². The number of hydrogen-bond acceptors (Lipinski definition) is 2. The molecule has 0 heterocycles. The predicted octanol–water partition coefficient (Wildman–Crippen LogP) is 2.46. The van der Waals surface area contributed by atoms with E-state index in [9.17, 15) is 8.42 Å². The van der Waals surface area contributed by atoms with Gasteiger partial charge >= 0.3 is 0 Å². The molecular formula is C7H6BrIO2S. The van der Waals surface area contributed by atoms with Crippen LogP contribution in [0.3, 0.4) is 0 Å². The van der Waals surface area contributed by atoms with E-state index in [1.807, 2.05) is 6.07 Å². The molecule has 0 N–H and O–H groups in total. The lowest BCUT2D eigenvalue weighted by atomic mass is 10.4. The van der Waals surface area contributed by atoms with Crippen molar-refractivity contribution in [2.24, 2.45) is 0 Å². The van der Waals surface area contributed by atoms with E-state index in [1.165, 1.54) is 6.26 Å².